The number of nitrogens with zero attached hydrogens (tertiary/aromatic N) is 1. The molecular weight excluding hydrogens is 308 g/mol. The number of fused-ring (bicyclic) bond motifs is 1. The number of carbonyl (C=O) groups excluding carboxylic acids is 2. The molecule has 1 saturated heterocycles. The molecule has 1 aromatic heterocycles. The Morgan fingerprint density at radius 2 is 2.17 bits per heavy atom. The predicted octanol–water partition coefficient (Wildman–Crippen LogP) is 0.645. The molecule has 0 bridgehead atoms. The van der Waals surface area contributed by atoms with E-state index >= 15 is 0 Å². The number of aryl methyl sites for hydroxylation is 1. The van der Waals surface area contributed by atoms with E-state index in [0.29, 0.717) is 31.1 Å². The number of benzene rings is 1. The number of H-pyrrole nitrogens is 1. The fraction of sp³-hybridized carbons (Fsp3) is 0.412. The van der Waals surface area contributed by atoms with Gasteiger partial charge in [0.05, 0.1) is 12.6 Å². The van der Waals surface area contributed by atoms with Crippen LogP contribution in [0.5, 0.6) is 5.75 Å². The molecule has 0 spiro atoms. The van der Waals surface area contributed by atoms with Crippen molar-refractivity contribution in [1.82, 2.24) is 20.5 Å². The Bertz CT molecular complexity index is 783. The fourth-order valence-electron chi connectivity index (χ4n) is 3.20. The monoisotopic (exact) mass is 330 g/mol. The summed E-state index contributed by atoms with van der Waals surface area (Å²) in [6, 6.07) is 5.19. The van der Waals surface area contributed by atoms with Gasteiger partial charge >= 0.3 is 0 Å². The highest BCUT2D eigenvalue weighted by atomic mass is 16.5. The number of carbonyl (C=O) groups is 2. The minimum absolute atomic E-state index is 0.165. The minimum Gasteiger partial charge on any atom is -0.495 e. The molecule has 0 aliphatic carbocycles. The van der Waals surface area contributed by atoms with E-state index in [-0.39, 0.29) is 11.8 Å². The Hall–Kier alpha value is -2.54. The highest BCUT2D eigenvalue weighted by Gasteiger charge is 2.33. The van der Waals surface area contributed by atoms with Gasteiger partial charge in [0.15, 0.2) is 0 Å². The molecule has 2 aromatic rings. The van der Waals surface area contributed by atoms with Crippen LogP contribution in [-0.4, -0.2) is 61.5 Å². The van der Waals surface area contributed by atoms with Crippen LogP contribution in [0.4, 0.5) is 0 Å². The quantitative estimate of drug-likeness (QED) is 0.771. The third-order valence-corrected chi connectivity index (χ3v) is 4.54. The van der Waals surface area contributed by atoms with Crippen LogP contribution in [0.2, 0.25) is 0 Å². The van der Waals surface area contributed by atoms with Crippen LogP contribution in [0.25, 0.3) is 10.9 Å². The first-order valence-corrected chi connectivity index (χ1v) is 7.97. The van der Waals surface area contributed by atoms with Gasteiger partial charge in [-0.05, 0) is 18.6 Å². The molecule has 1 aliphatic rings. The lowest BCUT2D eigenvalue weighted by atomic mass is 10.1. The fourth-order valence-corrected chi connectivity index (χ4v) is 3.20. The normalized spacial score (nSPS) is 17.8. The lowest BCUT2D eigenvalue weighted by Gasteiger charge is -2.34. The summed E-state index contributed by atoms with van der Waals surface area (Å²) in [5.41, 5.74) is 2.17. The summed E-state index contributed by atoms with van der Waals surface area (Å²) in [4.78, 5) is 30.0. The van der Waals surface area contributed by atoms with E-state index in [9.17, 15) is 9.59 Å². The van der Waals surface area contributed by atoms with Gasteiger partial charge < -0.3 is 25.3 Å². The van der Waals surface area contributed by atoms with Crippen molar-refractivity contribution in [3.63, 3.8) is 0 Å². The zero-order chi connectivity index (χ0) is 17.3. The van der Waals surface area contributed by atoms with Gasteiger partial charge in [0, 0.05) is 32.1 Å². The van der Waals surface area contributed by atoms with Crippen LogP contribution in [0.1, 0.15) is 16.1 Å². The van der Waals surface area contributed by atoms with Crippen LogP contribution in [0, 0.1) is 6.92 Å². The first kappa shape index (κ1) is 16.3. The number of hydrogen-bond donors (Lipinski definition) is 3. The Morgan fingerprint density at radius 3 is 2.88 bits per heavy atom. The number of amides is 2. The Kier molecular flexibility index (Phi) is 4.44. The Labute approximate surface area is 140 Å². The standard InChI is InChI=1S/C17H22N4O3/c1-10-11-5-4-6-13(24-3)15(11)20-14(10)17(23)21-8-7-19-9-12(21)16(22)18-2/h4-6,12,19-20H,7-9H2,1-3H3,(H,18,22)/t12-/m1/s1. The lowest BCUT2D eigenvalue weighted by molar-refractivity contribution is -0.125. The predicted molar refractivity (Wildman–Crippen MR) is 91.3 cm³/mol. The molecular formula is C17H22N4O3. The second-order valence-electron chi connectivity index (χ2n) is 5.84. The van der Waals surface area contributed by atoms with Crippen LogP contribution < -0.4 is 15.4 Å². The van der Waals surface area contributed by atoms with E-state index in [1.807, 2.05) is 25.1 Å². The number of para-hydroxylation sites is 1. The molecule has 3 rings (SSSR count). The van der Waals surface area contributed by atoms with E-state index < -0.39 is 6.04 Å². The summed E-state index contributed by atoms with van der Waals surface area (Å²) in [6.07, 6.45) is 0. The maximum atomic E-state index is 13.1. The lowest BCUT2D eigenvalue weighted by Crippen LogP contribution is -2.59. The van der Waals surface area contributed by atoms with E-state index in [4.69, 9.17) is 4.74 Å². The van der Waals surface area contributed by atoms with Crippen LogP contribution in [0.3, 0.4) is 0 Å². The van der Waals surface area contributed by atoms with Gasteiger partial charge in [-0.1, -0.05) is 12.1 Å². The van der Waals surface area contributed by atoms with Crippen molar-refractivity contribution in [1.29, 1.82) is 0 Å². The van der Waals surface area contributed by atoms with Crippen LogP contribution >= 0.6 is 0 Å². The van der Waals surface area contributed by atoms with Crippen molar-refractivity contribution in [3.05, 3.63) is 29.5 Å². The molecule has 0 radical (unpaired) electrons. The van der Waals surface area contributed by atoms with Crippen molar-refractivity contribution in [2.45, 2.75) is 13.0 Å². The average Bonchev–Trinajstić information content (AvgIpc) is 2.97. The largest absolute Gasteiger partial charge is 0.495 e. The number of aromatic nitrogens is 1. The smallest absolute Gasteiger partial charge is 0.271 e. The number of hydrogen-bond acceptors (Lipinski definition) is 4. The molecule has 7 heteroatoms. The molecule has 128 valence electrons. The number of likely N-dealkylation sites (N-methyl/N-ethyl adjacent to an activating group) is 1. The van der Waals surface area contributed by atoms with Crippen molar-refractivity contribution < 1.29 is 14.3 Å². The molecule has 2 amide bonds. The van der Waals surface area contributed by atoms with E-state index in [1.165, 1.54) is 0 Å². The Balaban J connectivity index is 2.01. The van der Waals surface area contributed by atoms with Gasteiger partial charge in [-0.2, -0.15) is 0 Å². The second kappa shape index (κ2) is 6.52. The van der Waals surface area contributed by atoms with E-state index in [1.54, 1.807) is 19.1 Å². The zero-order valence-electron chi connectivity index (χ0n) is 14.1. The van der Waals surface area contributed by atoms with Crippen molar-refractivity contribution in [3.8, 4) is 5.75 Å². The third-order valence-electron chi connectivity index (χ3n) is 4.54. The van der Waals surface area contributed by atoms with Crippen molar-refractivity contribution in [2.75, 3.05) is 33.8 Å². The van der Waals surface area contributed by atoms with Gasteiger partial charge in [0.25, 0.3) is 5.91 Å². The number of piperazine rings is 1. The second-order valence-corrected chi connectivity index (χ2v) is 5.84. The molecule has 24 heavy (non-hydrogen) atoms. The third kappa shape index (κ3) is 2.60. The molecule has 1 aromatic carbocycles. The SMILES string of the molecule is CNC(=O)[C@H]1CNCCN1C(=O)c1[nH]c2c(OC)cccc2c1C. The summed E-state index contributed by atoms with van der Waals surface area (Å²) in [5.74, 6) is 0.362. The summed E-state index contributed by atoms with van der Waals surface area (Å²) in [7, 11) is 3.18. The maximum Gasteiger partial charge on any atom is 0.271 e. The summed E-state index contributed by atoms with van der Waals surface area (Å²) < 4.78 is 5.37. The van der Waals surface area contributed by atoms with Crippen LogP contribution in [-0.2, 0) is 4.79 Å². The molecule has 1 aliphatic heterocycles. The highest BCUT2D eigenvalue weighted by Crippen LogP contribution is 2.30. The minimum atomic E-state index is -0.510. The summed E-state index contributed by atoms with van der Waals surface area (Å²) in [5, 5.41) is 6.74. The number of aromatic amines is 1. The number of ether oxygens (including phenoxy) is 1. The molecule has 7 nitrogen and oxygen atoms in total. The molecule has 1 fully saturated rings. The number of methoxy groups -OCH3 is 1. The number of rotatable bonds is 3. The highest BCUT2D eigenvalue weighted by molar-refractivity contribution is 6.03. The van der Waals surface area contributed by atoms with Gasteiger partial charge in [0.2, 0.25) is 5.91 Å². The first-order chi connectivity index (χ1) is 11.6. The summed E-state index contributed by atoms with van der Waals surface area (Å²) in [6.45, 7) is 3.52. The van der Waals surface area contributed by atoms with E-state index in [0.717, 1.165) is 16.5 Å². The Morgan fingerprint density at radius 1 is 1.38 bits per heavy atom. The summed E-state index contributed by atoms with van der Waals surface area (Å²) >= 11 is 0. The average molecular weight is 330 g/mol. The van der Waals surface area contributed by atoms with Crippen molar-refractivity contribution >= 4 is 22.7 Å². The van der Waals surface area contributed by atoms with E-state index in [2.05, 4.69) is 15.6 Å². The zero-order valence-corrected chi connectivity index (χ0v) is 14.1. The van der Waals surface area contributed by atoms with Gasteiger partial charge in [-0.15, -0.1) is 0 Å². The number of nitrogens with one attached hydrogen (secondary N) is 3. The van der Waals surface area contributed by atoms with Gasteiger partial charge in [0.1, 0.15) is 17.5 Å². The topological polar surface area (TPSA) is 86.5 Å². The molecule has 0 unspecified atom stereocenters. The molecule has 0 saturated carbocycles. The molecule has 2 heterocycles. The van der Waals surface area contributed by atoms with Crippen molar-refractivity contribution in [2.24, 2.45) is 0 Å². The maximum absolute atomic E-state index is 13.1. The van der Waals surface area contributed by atoms with Crippen LogP contribution in [0.15, 0.2) is 18.2 Å². The first-order valence-electron chi connectivity index (χ1n) is 7.97. The van der Waals surface area contributed by atoms with Gasteiger partial charge in [-0.25, -0.2) is 0 Å². The molecule has 1 atom stereocenters. The molecule has 3 N–H and O–H groups in total. The van der Waals surface area contributed by atoms with Gasteiger partial charge in [-0.3, -0.25) is 9.59 Å².